The molecule has 4 rings (SSSR count). The van der Waals surface area contributed by atoms with E-state index in [4.69, 9.17) is 4.74 Å². The maximum absolute atomic E-state index is 12.5. The number of rotatable bonds is 2. The molecule has 2 aromatic carbocycles. The number of hydrogen-bond acceptors (Lipinski definition) is 2. The van der Waals surface area contributed by atoms with Gasteiger partial charge in [-0.2, -0.15) is 0 Å². The van der Waals surface area contributed by atoms with Gasteiger partial charge < -0.3 is 4.74 Å². The van der Waals surface area contributed by atoms with Crippen molar-refractivity contribution >= 4 is 5.78 Å². The molecule has 0 N–H and O–H groups in total. The molecule has 2 aliphatic rings. The molecule has 20 heavy (non-hydrogen) atoms. The molecule has 100 valence electrons. The van der Waals surface area contributed by atoms with E-state index in [0.717, 1.165) is 24.2 Å². The van der Waals surface area contributed by atoms with E-state index in [9.17, 15) is 4.79 Å². The fourth-order valence-electron chi connectivity index (χ4n) is 3.47. The summed E-state index contributed by atoms with van der Waals surface area (Å²) in [6, 6.07) is 16.2. The van der Waals surface area contributed by atoms with Crippen LogP contribution in [0, 0.1) is 5.92 Å². The lowest BCUT2D eigenvalue weighted by Gasteiger charge is -2.13. The highest BCUT2D eigenvalue weighted by atomic mass is 16.5. The molecule has 2 aromatic rings. The third-order valence-corrected chi connectivity index (χ3v) is 4.49. The number of ether oxygens (including phenoxy) is 1. The monoisotopic (exact) mass is 264 g/mol. The van der Waals surface area contributed by atoms with E-state index < -0.39 is 0 Å². The van der Waals surface area contributed by atoms with Gasteiger partial charge in [0.15, 0.2) is 5.78 Å². The molecule has 0 radical (unpaired) electrons. The van der Waals surface area contributed by atoms with Crippen LogP contribution in [0.25, 0.3) is 0 Å². The first-order chi connectivity index (χ1) is 9.83. The summed E-state index contributed by atoms with van der Waals surface area (Å²) in [6.45, 7) is 0.708. The van der Waals surface area contributed by atoms with Crippen molar-refractivity contribution in [3.63, 3.8) is 0 Å². The Hall–Kier alpha value is -2.09. The van der Waals surface area contributed by atoms with Gasteiger partial charge in [-0.3, -0.25) is 4.79 Å². The molecule has 0 amide bonds. The van der Waals surface area contributed by atoms with Crippen molar-refractivity contribution in [2.24, 2.45) is 5.92 Å². The van der Waals surface area contributed by atoms with Crippen LogP contribution in [0.2, 0.25) is 0 Å². The molecule has 0 spiro atoms. The number of carbonyl (C=O) groups excluding carboxylic acids is 1. The SMILES string of the molecule is O=C1c2ccccc2CC1CC1COc2ccccc21. The van der Waals surface area contributed by atoms with E-state index in [1.165, 1.54) is 11.1 Å². The summed E-state index contributed by atoms with van der Waals surface area (Å²) in [5.41, 5.74) is 3.38. The van der Waals surface area contributed by atoms with E-state index in [1.807, 2.05) is 36.4 Å². The number of fused-ring (bicyclic) bond motifs is 2. The molecular weight excluding hydrogens is 248 g/mol. The van der Waals surface area contributed by atoms with Gasteiger partial charge in [-0.1, -0.05) is 42.5 Å². The summed E-state index contributed by atoms with van der Waals surface area (Å²) in [4.78, 5) is 12.5. The topological polar surface area (TPSA) is 26.3 Å². The van der Waals surface area contributed by atoms with Gasteiger partial charge in [0.05, 0.1) is 6.61 Å². The van der Waals surface area contributed by atoms with Crippen molar-refractivity contribution in [3.05, 3.63) is 65.2 Å². The minimum atomic E-state index is 0.118. The normalized spacial score (nSPS) is 23.3. The zero-order valence-corrected chi connectivity index (χ0v) is 11.2. The number of benzene rings is 2. The van der Waals surface area contributed by atoms with Crippen molar-refractivity contribution < 1.29 is 9.53 Å². The predicted octanol–water partition coefficient (Wildman–Crippen LogP) is 3.61. The molecular formula is C18H16O2. The summed E-state index contributed by atoms with van der Waals surface area (Å²) in [5.74, 6) is 1.77. The third-order valence-electron chi connectivity index (χ3n) is 4.49. The lowest BCUT2D eigenvalue weighted by molar-refractivity contribution is 0.0924. The van der Waals surface area contributed by atoms with Crippen molar-refractivity contribution in [1.82, 2.24) is 0 Å². The molecule has 0 saturated heterocycles. The Balaban J connectivity index is 1.57. The van der Waals surface area contributed by atoms with Crippen LogP contribution in [0.3, 0.4) is 0 Å². The van der Waals surface area contributed by atoms with Crippen LogP contribution in [0.5, 0.6) is 5.75 Å². The van der Waals surface area contributed by atoms with Gasteiger partial charge in [-0.05, 0) is 24.5 Å². The van der Waals surface area contributed by atoms with E-state index in [2.05, 4.69) is 12.1 Å². The molecule has 1 aliphatic heterocycles. The lowest BCUT2D eigenvalue weighted by Crippen LogP contribution is -2.14. The highest BCUT2D eigenvalue weighted by Crippen LogP contribution is 2.40. The zero-order chi connectivity index (χ0) is 13.5. The Labute approximate surface area is 118 Å². The summed E-state index contributed by atoms with van der Waals surface area (Å²) in [6.07, 6.45) is 1.78. The minimum Gasteiger partial charge on any atom is -0.493 e. The number of Topliss-reactive ketones (excluding diaryl/α,β-unsaturated/α-hetero) is 1. The minimum absolute atomic E-state index is 0.118. The number of para-hydroxylation sites is 1. The fourth-order valence-corrected chi connectivity index (χ4v) is 3.47. The molecule has 0 fully saturated rings. The van der Waals surface area contributed by atoms with Crippen molar-refractivity contribution in [3.8, 4) is 5.75 Å². The first kappa shape index (κ1) is 11.7. The molecule has 0 bridgehead atoms. The number of hydrogen-bond donors (Lipinski definition) is 0. The van der Waals surface area contributed by atoms with Crippen LogP contribution in [0.15, 0.2) is 48.5 Å². The maximum Gasteiger partial charge on any atom is 0.166 e. The second-order valence-electron chi connectivity index (χ2n) is 5.70. The Kier molecular flexibility index (Phi) is 2.62. The van der Waals surface area contributed by atoms with Crippen LogP contribution in [-0.2, 0) is 6.42 Å². The van der Waals surface area contributed by atoms with Crippen molar-refractivity contribution in [2.75, 3.05) is 6.61 Å². The lowest BCUT2D eigenvalue weighted by atomic mass is 9.88. The predicted molar refractivity (Wildman–Crippen MR) is 77.3 cm³/mol. The van der Waals surface area contributed by atoms with Crippen molar-refractivity contribution in [1.29, 1.82) is 0 Å². The largest absolute Gasteiger partial charge is 0.493 e. The summed E-state index contributed by atoms with van der Waals surface area (Å²) in [7, 11) is 0. The van der Waals surface area contributed by atoms with Gasteiger partial charge in [-0.15, -0.1) is 0 Å². The van der Waals surface area contributed by atoms with Crippen LogP contribution >= 0.6 is 0 Å². The first-order valence-electron chi connectivity index (χ1n) is 7.17. The van der Waals surface area contributed by atoms with Gasteiger partial charge >= 0.3 is 0 Å². The molecule has 1 heterocycles. The molecule has 2 nitrogen and oxygen atoms in total. The fraction of sp³-hybridized carbons (Fsp3) is 0.278. The van der Waals surface area contributed by atoms with Gasteiger partial charge in [0.25, 0.3) is 0 Å². The Morgan fingerprint density at radius 1 is 1.00 bits per heavy atom. The highest BCUT2D eigenvalue weighted by Gasteiger charge is 2.34. The Morgan fingerprint density at radius 2 is 1.80 bits per heavy atom. The van der Waals surface area contributed by atoms with Gasteiger partial charge in [0.1, 0.15) is 5.75 Å². The smallest absolute Gasteiger partial charge is 0.166 e. The second-order valence-corrected chi connectivity index (χ2v) is 5.70. The van der Waals surface area contributed by atoms with E-state index in [-0.39, 0.29) is 5.92 Å². The van der Waals surface area contributed by atoms with Crippen molar-refractivity contribution in [2.45, 2.75) is 18.8 Å². The maximum atomic E-state index is 12.5. The number of ketones is 1. The zero-order valence-electron chi connectivity index (χ0n) is 11.2. The van der Waals surface area contributed by atoms with E-state index in [1.54, 1.807) is 0 Å². The van der Waals surface area contributed by atoms with Gasteiger partial charge in [0.2, 0.25) is 0 Å². The molecule has 1 aliphatic carbocycles. The molecule has 0 aromatic heterocycles. The van der Waals surface area contributed by atoms with Gasteiger partial charge in [0, 0.05) is 23.0 Å². The number of carbonyl (C=O) groups is 1. The van der Waals surface area contributed by atoms with Crippen LogP contribution in [-0.4, -0.2) is 12.4 Å². The van der Waals surface area contributed by atoms with Crippen LogP contribution < -0.4 is 4.74 Å². The first-order valence-corrected chi connectivity index (χ1v) is 7.17. The van der Waals surface area contributed by atoms with E-state index >= 15 is 0 Å². The average Bonchev–Trinajstić information content (AvgIpc) is 3.03. The quantitative estimate of drug-likeness (QED) is 0.828. The van der Waals surface area contributed by atoms with E-state index in [0.29, 0.717) is 18.3 Å². The van der Waals surface area contributed by atoms with Crippen LogP contribution in [0.4, 0.5) is 0 Å². The third kappa shape index (κ3) is 1.75. The summed E-state index contributed by atoms with van der Waals surface area (Å²) < 4.78 is 5.72. The Morgan fingerprint density at radius 3 is 2.70 bits per heavy atom. The summed E-state index contributed by atoms with van der Waals surface area (Å²) in [5, 5.41) is 0. The van der Waals surface area contributed by atoms with Crippen LogP contribution in [0.1, 0.15) is 33.8 Å². The highest BCUT2D eigenvalue weighted by molar-refractivity contribution is 6.02. The Bertz CT molecular complexity index is 675. The average molecular weight is 264 g/mol. The molecule has 2 heteroatoms. The van der Waals surface area contributed by atoms with Gasteiger partial charge in [-0.25, -0.2) is 0 Å². The molecule has 0 saturated carbocycles. The molecule has 2 unspecified atom stereocenters. The second kappa shape index (κ2) is 4.48. The standard InChI is InChI=1S/C18H16O2/c19-18-13(9-12-5-1-2-7-16(12)18)10-14-11-20-17-8-4-3-6-15(14)17/h1-8,13-14H,9-11H2. The molecule has 2 atom stereocenters. The summed E-state index contributed by atoms with van der Waals surface area (Å²) >= 11 is 0.